The quantitative estimate of drug-likeness (QED) is 0.829. The minimum absolute atomic E-state index is 0.186. The van der Waals surface area contributed by atoms with Gasteiger partial charge in [-0.3, -0.25) is 0 Å². The maximum absolute atomic E-state index is 6.07. The molecule has 3 rings (SSSR count). The van der Waals surface area contributed by atoms with Crippen molar-refractivity contribution >= 4 is 11.4 Å². The summed E-state index contributed by atoms with van der Waals surface area (Å²) in [5.74, 6) is 0.939. The number of nitrogens with zero attached hydrogens (tertiary/aromatic N) is 1. The zero-order valence-electron chi connectivity index (χ0n) is 15.2. The van der Waals surface area contributed by atoms with Crippen molar-refractivity contribution in [2.24, 2.45) is 0 Å². The minimum Gasteiger partial charge on any atom is -0.486 e. The summed E-state index contributed by atoms with van der Waals surface area (Å²) in [4.78, 5) is 2.38. The van der Waals surface area contributed by atoms with E-state index in [0.29, 0.717) is 0 Å². The number of benzene rings is 2. The first-order chi connectivity index (χ1) is 11.4. The Kier molecular flexibility index (Phi) is 4.44. The van der Waals surface area contributed by atoms with Gasteiger partial charge in [0.05, 0.1) is 12.2 Å². The summed E-state index contributed by atoms with van der Waals surface area (Å²) in [7, 11) is 0. The van der Waals surface area contributed by atoms with Crippen molar-refractivity contribution in [3.05, 3.63) is 53.6 Å². The largest absolute Gasteiger partial charge is 0.486 e. The van der Waals surface area contributed by atoms with Crippen molar-refractivity contribution in [2.45, 2.75) is 52.2 Å². The molecule has 0 bridgehead atoms. The molecule has 0 aromatic heterocycles. The average molecular weight is 324 g/mol. The molecule has 0 fully saturated rings. The van der Waals surface area contributed by atoms with Crippen LogP contribution in [0.4, 0.5) is 11.4 Å². The molecule has 1 atom stereocenters. The lowest BCUT2D eigenvalue weighted by Crippen LogP contribution is -2.39. The average Bonchev–Trinajstić information content (AvgIpc) is 2.54. The van der Waals surface area contributed by atoms with Crippen molar-refractivity contribution in [3.63, 3.8) is 0 Å². The first-order valence-electron chi connectivity index (χ1n) is 8.77. The Hall–Kier alpha value is -2.16. The van der Waals surface area contributed by atoms with Crippen molar-refractivity contribution in [3.8, 4) is 5.75 Å². The number of nitrogens with two attached hydrogens (primary N) is 1. The zero-order valence-corrected chi connectivity index (χ0v) is 15.2. The Balaban J connectivity index is 1.85. The Morgan fingerprint density at radius 2 is 1.83 bits per heavy atom. The van der Waals surface area contributed by atoms with Crippen LogP contribution in [0.1, 0.15) is 45.2 Å². The van der Waals surface area contributed by atoms with Crippen LogP contribution >= 0.6 is 0 Å². The molecule has 1 aliphatic rings. The fraction of sp³-hybridized carbons (Fsp3) is 0.429. The van der Waals surface area contributed by atoms with Crippen LogP contribution in [0.2, 0.25) is 0 Å². The summed E-state index contributed by atoms with van der Waals surface area (Å²) in [6.07, 6.45) is 1.23. The second-order valence-corrected chi connectivity index (χ2v) is 7.70. The van der Waals surface area contributed by atoms with E-state index in [2.05, 4.69) is 56.9 Å². The second kappa shape index (κ2) is 6.39. The van der Waals surface area contributed by atoms with Gasteiger partial charge < -0.3 is 15.4 Å². The maximum atomic E-state index is 6.07. The minimum atomic E-state index is 0.186. The zero-order chi connectivity index (χ0) is 17.3. The molecule has 0 aliphatic carbocycles. The van der Waals surface area contributed by atoms with E-state index in [9.17, 15) is 0 Å². The molecule has 0 saturated heterocycles. The van der Waals surface area contributed by atoms with E-state index in [1.54, 1.807) is 0 Å². The van der Waals surface area contributed by atoms with Gasteiger partial charge >= 0.3 is 0 Å². The molecular formula is C21H28N2O. The van der Waals surface area contributed by atoms with Gasteiger partial charge in [0, 0.05) is 12.2 Å². The topological polar surface area (TPSA) is 38.5 Å². The fourth-order valence-electron chi connectivity index (χ4n) is 3.13. The standard InChI is InChI=1S/C21H28N2O/c1-5-18-14-23(19-12-17(22)10-11-20(19)24-18)13-15-6-8-16(9-7-15)21(2,3)4/h6-12,18H,5,13-14,22H2,1-4H3. The number of nitrogen functional groups attached to an aromatic ring is 1. The van der Waals surface area contributed by atoms with Gasteiger partial charge in [0.1, 0.15) is 11.9 Å². The molecule has 0 radical (unpaired) electrons. The van der Waals surface area contributed by atoms with Crippen LogP contribution in [-0.4, -0.2) is 12.6 Å². The van der Waals surface area contributed by atoms with Crippen molar-refractivity contribution < 1.29 is 4.74 Å². The van der Waals surface area contributed by atoms with E-state index in [-0.39, 0.29) is 11.5 Å². The Labute approximate surface area is 145 Å². The number of fused-ring (bicyclic) bond motifs is 1. The van der Waals surface area contributed by atoms with Gasteiger partial charge in [-0.2, -0.15) is 0 Å². The van der Waals surface area contributed by atoms with Gasteiger partial charge in [-0.15, -0.1) is 0 Å². The number of rotatable bonds is 3. The molecule has 3 heteroatoms. The first-order valence-corrected chi connectivity index (χ1v) is 8.77. The highest BCUT2D eigenvalue weighted by Gasteiger charge is 2.25. The Morgan fingerprint density at radius 3 is 2.46 bits per heavy atom. The summed E-state index contributed by atoms with van der Waals surface area (Å²) in [6.45, 7) is 10.7. The van der Waals surface area contributed by atoms with Crippen molar-refractivity contribution in [1.29, 1.82) is 0 Å². The van der Waals surface area contributed by atoms with Crippen LogP contribution in [-0.2, 0) is 12.0 Å². The van der Waals surface area contributed by atoms with E-state index in [0.717, 1.165) is 36.6 Å². The Morgan fingerprint density at radius 1 is 1.12 bits per heavy atom. The molecule has 0 amide bonds. The maximum Gasteiger partial charge on any atom is 0.143 e. The summed E-state index contributed by atoms with van der Waals surface area (Å²) < 4.78 is 6.07. The number of hydrogen-bond acceptors (Lipinski definition) is 3. The lowest BCUT2D eigenvalue weighted by atomic mass is 9.87. The van der Waals surface area contributed by atoms with Gasteiger partial charge in [-0.25, -0.2) is 0 Å². The van der Waals surface area contributed by atoms with Crippen LogP contribution in [0.3, 0.4) is 0 Å². The highest BCUT2D eigenvalue weighted by Crippen LogP contribution is 2.36. The van der Waals surface area contributed by atoms with Gasteiger partial charge in [0.15, 0.2) is 0 Å². The van der Waals surface area contributed by atoms with Gasteiger partial charge in [-0.1, -0.05) is 52.0 Å². The van der Waals surface area contributed by atoms with Crippen LogP contribution in [0.15, 0.2) is 42.5 Å². The number of hydrogen-bond donors (Lipinski definition) is 1. The molecule has 1 unspecified atom stereocenters. The van der Waals surface area contributed by atoms with E-state index in [1.807, 2.05) is 18.2 Å². The number of ether oxygens (including phenoxy) is 1. The van der Waals surface area contributed by atoms with E-state index < -0.39 is 0 Å². The van der Waals surface area contributed by atoms with Gasteiger partial charge in [-0.05, 0) is 41.2 Å². The van der Waals surface area contributed by atoms with Crippen LogP contribution < -0.4 is 15.4 Å². The van der Waals surface area contributed by atoms with Crippen LogP contribution in [0, 0.1) is 0 Å². The van der Waals surface area contributed by atoms with Gasteiger partial charge in [0.2, 0.25) is 0 Å². The molecule has 24 heavy (non-hydrogen) atoms. The molecule has 1 heterocycles. The SMILES string of the molecule is CCC1CN(Cc2ccc(C(C)(C)C)cc2)c2cc(N)ccc2O1. The third-order valence-electron chi connectivity index (χ3n) is 4.69. The number of anilines is 2. The molecule has 1 aliphatic heterocycles. The summed E-state index contributed by atoms with van der Waals surface area (Å²) >= 11 is 0. The molecular weight excluding hydrogens is 296 g/mol. The lowest BCUT2D eigenvalue weighted by Gasteiger charge is -2.36. The van der Waals surface area contributed by atoms with Gasteiger partial charge in [0.25, 0.3) is 0 Å². The van der Waals surface area contributed by atoms with E-state index in [1.165, 1.54) is 11.1 Å². The third kappa shape index (κ3) is 3.50. The molecule has 128 valence electrons. The summed E-state index contributed by atoms with van der Waals surface area (Å²) in [5.41, 5.74) is 10.7. The summed E-state index contributed by atoms with van der Waals surface area (Å²) in [5, 5.41) is 0. The van der Waals surface area contributed by atoms with Crippen LogP contribution in [0.5, 0.6) is 5.75 Å². The molecule has 2 N–H and O–H groups in total. The molecule has 0 spiro atoms. The van der Waals surface area contributed by atoms with E-state index in [4.69, 9.17) is 10.5 Å². The van der Waals surface area contributed by atoms with Crippen molar-refractivity contribution in [1.82, 2.24) is 0 Å². The Bertz CT molecular complexity index is 701. The monoisotopic (exact) mass is 324 g/mol. The van der Waals surface area contributed by atoms with Crippen LogP contribution in [0.25, 0.3) is 0 Å². The van der Waals surface area contributed by atoms with E-state index >= 15 is 0 Å². The normalized spacial score (nSPS) is 17.3. The third-order valence-corrected chi connectivity index (χ3v) is 4.69. The summed E-state index contributed by atoms with van der Waals surface area (Å²) in [6, 6.07) is 14.9. The highest BCUT2D eigenvalue weighted by molar-refractivity contribution is 5.66. The highest BCUT2D eigenvalue weighted by atomic mass is 16.5. The predicted octanol–water partition coefficient (Wildman–Crippen LogP) is 4.74. The molecule has 2 aromatic carbocycles. The lowest BCUT2D eigenvalue weighted by molar-refractivity contribution is 0.189. The fourth-order valence-corrected chi connectivity index (χ4v) is 3.13. The first kappa shape index (κ1) is 16.7. The molecule has 0 saturated carbocycles. The molecule has 2 aromatic rings. The second-order valence-electron chi connectivity index (χ2n) is 7.70. The molecule has 3 nitrogen and oxygen atoms in total. The predicted molar refractivity (Wildman–Crippen MR) is 102 cm³/mol. The smallest absolute Gasteiger partial charge is 0.143 e. The van der Waals surface area contributed by atoms with Crippen molar-refractivity contribution in [2.75, 3.05) is 17.2 Å².